The second-order valence-electron chi connectivity index (χ2n) is 7.10. The fraction of sp³-hybridized carbons (Fsp3) is 0.120. The van der Waals surface area contributed by atoms with Gasteiger partial charge in [0.05, 0.1) is 32.0 Å². The number of ether oxygens (including phenoxy) is 3. The summed E-state index contributed by atoms with van der Waals surface area (Å²) in [6, 6.07) is 17.5. The maximum absolute atomic E-state index is 13.4. The van der Waals surface area contributed by atoms with Crippen molar-refractivity contribution in [1.29, 1.82) is 0 Å². The van der Waals surface area contributed by atoms with E-state index in [4.69, 9.17) is 25.8 Å². The lowest BCUT2D eigenvalue weighted by Gasteiger charge is -2.12. The summed E-state index contributed by atoms with van der Waals surface area (Å²) in [4.78, 5) is 26.5. The van der Waals surface area contributed by atoms with Crippen molar-refractivity contribution in [3.8, 4) is 28.4 Å². The third-order valence-corrected chi connectivity index (χ3v) is 5.51. The molecular weight excluding hydrogens is 444 g/mol. The molecule has 1 N–H and O–H groups in total. The minimum absolute atomic E-state index is 0.214. The fourth-order valence-electron chi connectivity index (χ4n) is 3.61. The lowest BCUT2D eigenvalue weighted by molar-refractivity contribution is -0.112. The third-order valence-electron chi connectivity index (χ3n) is 5.22. The second-order valence-corrected chi connectivity index (χ2v) is 7.51. The van der Waals surface area contributed by atoms with E-state index in [1.807, 2.05) is 18.2 Å². The summed E-state index contributed by atoms with van der Waals surface area (Å²) in [5.41, 5.74) is 2.55. The SMILES string of the molecule is COc1ccc(OC)c(NC(=O)C(=O)c2c(-c3ccc(OC)c(Cl)c3)cc3ccccn23)c1. The minimum Gasteiger partial charge on any atom is -0.497 e. The third kappa shape index (κ3) is 4.23. The molecule has 0 aliphatic heterocycles. The maximum atomic E-state index is 13.4. The van der Waals surface area contributed by atoms with Crippen LogP contribution in [0.5, 0.6) is 17.2 Å². The molecule has 2 aromatic heterocycles. The first-order valence-electron chi connectivity index (χ1n) is 9.98. The monoisotopic (exact) mass is 464 g/mol. The van der Waals surface area contributed by atoms with Gasteiger partial charge in [-0.05, 0) is 48.0 Å². The number of Topliss-reactive ketones (excluding diaryl/α,β-unsaturated/α-hetero) is 1. The average molecular weight is 465 g/mol. The van der Waals surface area contributed by atoms with Crippen LogP contribution in [-0.4, -0.2) is 37.4 Å². The van der Waals surface area contributed by atoms with Crippen molar-refractivity contribution in [2.24, 2.45) is 0 Å². The number of aromatic nitrogens is 1. The molecule has 0 spiro atoms. The molecule has 33 heavy (non-hydrogen) atoms. The molecule has 2 aromatic carbocycles. The van der Waals surface area contributed by atoms with Gasteiger partial charge in [-0.15, -0.1) is 0 Å². The molecule has 0 atom stereocenters. The predicted octanol–water partition coefficient (Wildman–Crippen LogP) is 5.11. The number of nitrogens with one attached hydrogen (secondary N) is 1. The zero-order chi connectivity index (χ0) is 23.5. The van der Waals surface area contributed by atoms with Crippen molar-refractivity contribution in [1.82, 2.24) is 4.40 Å². The van der Waals surface area contributed by atoms with Crippen molar-refractivity contribution >= 4 is 34.5 Å². The first-order valence-corrected chi connectivity index (χ1v) is 10.4. The normalized spacial score (nSPS) is 10.7. The Labute approximate surface area is 195 Å². The minimum atomic E-state index is -0.814. The molecule has 0 unspecified atom stereocenters. The summed E-state index contributed by atoms with van der Waals surface area (Å²) < 4.78 is 17.4. The largest absolute Gasteiger partial charge is 0.497 e. The number of pyridine rings is 1. The second kappa shape index (κ2) is 9.26. The molecule has 168 valence electrons. The van der Waals surface area contributed by atoms with Gasteiger partial charge in [0.25, 0.3) is 11.7 Å². The number of carbonyl (C=O) groups is 2. The molecule has 0 radical (unpaired) electrons. The zero-order valence-electron chi connectivity index (χ0n) is 18.2. The van der Waals surface area contributed by atoms with Gasteiger partial charge in [0.2, 0.25) is 0 Å². The number of ketones is 1. The highest BCUT2D eigenvalue weighted by Crippen LogP contribution is 2.34. The van der Waals surface area contributed by atoms with Gasteiger partial charge in [-0.2, -0.15) is 0 Å². The highest BCUT2D eigenvalue weighted by atomic mass is 35.5. The topological polar surface area (TPSA) is 78.3 Å². The number of fused-ring (bicyclic) bond motifs is 1. The average Bonchev–Trinajstić information content (AvgIpc) is 3.23. The van der Waals surface area contributed by atoms with Crippen LogP contribution in [0, 0.1) is 0 Å². The maximum Gasteiger partial charge on any atom is 0.298 e. The summed E-state index contributed by atoms with van der Waals surface area (Å²) in [6.07, 6.45) is 1.73. The number of hydrogen-bond donors (Lipinski definition) is 1. The van der Waals surface area contributed by atoms with Crippen molar-refractivity contribution in [3.63, 3.8) is 0 Å². The van der Waals surface area contributed by atoms with Crippen molar-refractivity contribution in [2.75, 3.05) is 26.6 Å². The van der Waals surface area contributed by atoms with Gasteiger partial charge >= 0.3 is 0 Å². The van der Waals surface area contributed by atoms with Crippen LogP contribution >= 0.6 is 11.6 Å². The highest BCUT2D eigenvalue weighted by Gasteiger charge is 2.26. The first-order chi connectivity index (χ1) is 16.0. The number of carbonyl (C=O) groups excluding carboxylic acids is 2. The van der Waals surface area contributed by atoms with E-state index in [0.717, 1.165) is 5.52 Å². The van der Waals surface area contributed by atoms with Gasteiger partial charge in [0.1, 0.15) is 22.9 Å². The van der Waals surface area contributed by atoms with Gasteiger partial charge in [-0.3, -0.25) is 9.59 Å². The van der Waals surface area contributed by atoms with Gasteiger partial charge in [-0.25, -0.2) is 0 Å². The molecule has 7 nitrogen and oxygen atoms in total. The Morgan fingerprint density at radius 3 is 2.33 bits per heavy atom. The van der Waals surface area contributed by atoms with Crippen molar-refractivity contribution in [2.45, 2.75) is 0 Å². The van der Waals surface area contributed by atoms with Gasteiger partial charge in [0.15, 0.2) is 0 Å². The number of benzene rings is 2. The number of rotatable bonds is 7. The molecule has 0 aliphatic rings. The van der Waals surface area contributed by atoms with Crippen LogP contribution in [-0.2, 0) is 4.79 Å². The lowest BCUT2D eigenvalue weighted by atomic mass is 10.0. The number of amides is 1. The molecular formula is C25H21ClN2O5. The summed E-state index contributed by atoms with van der Waals surface area (Å²) in [5, 5.41) is 3.04. The molecule has 8 heteroatoms. The molecule has 0 bridgehead atoms. The summed E-state index contributed by atoms with van der Waals surface area (Å²) in [6.45, 7) is 0. The van der Waals surface area contributed by atoms with Crippen molar-refractivity contribution in [3.05, 3.63) is 77.6 Å². The molecule has 0 fully saturated rings. The van der Waals surface area contributed by atoms with Crippen molar-refractivity contribution < 1.29 is 23.8 Å². The Morgan fingerprint density at radius 2 is 1.64 bits per heavy atom. The van der Waals surface area contributed by atoms with Gasteiger partial charge in [0, 0.05) is 23.3 Å². The van der Waals surface area contributed by atoms with Crippen LogP contribution < -0.4 is 19.5 Å². The van der Waals surface area contributed by atoms with E-state index < -0.39 is 11.7 Å². The lowest BCUT2D eigenvalue weighted by Crippen LogP contribution is -2.25. The van der Waals surface area contributed by atoms with Gasteiger partial charge < -0.3 is 23.9 Å². The quantitative estimate of drug-likeness (QED) is 0.304. The van der Waals surface area contributed by atoms with Crippen LogP contribution in [0.4, 0.5) is 5.69 Å². The van der Waals surface area contributed by atoms with Crippen LogP contribution in [0.25, 0.3) is 16.6 Å². The summed E-state index contributed by atoms with van der Waals surface area (Å²) >= 11 is 6.32. The first kappa shape index (κ1) is 22.2. The molecule has 4 aromatic rings. The summed E-state index contributed by atoms with van der Waals surface area (Å²) in [5.74, 6) is -0.0985. The van der Waals surface area contributed by atoms with Crippen LogP contribution in [0.3, 0.4) is 0 Å². The Kier molecular flexibility index (Phi) is 6.24. The smallest absolute Gasteiger partial charge is 0.298 e. The Balaban J connectivity index is 1.78. The Bertz CT molecular complexity index is 1360. The van der Waals surface area contributed by atoms with E-state index in [9.17, 15) is 9.59 Å². The molecule has 0 aliphatic carbocycles. The van der Waals surface area contributed by atoms with Crippen LogP contribution in [0.15, 0.2) is 66.9 Å². The molecule has 0 saturated heterocycles. The zero-order valence-corrected chi connectivity index (χ0v) is 19.0. The highest BCUT2D eigenvalue weighted by molar-refractivity contribution is 6.47. The predicted molar refractivity (Wildman–Crippen MR) is 127 cm³/mol. The number of halogens is 1. The molecule has 1 amide bonds. The van der Waals surface area contributed by atoms with E-state index in [1.165, 1.54) is 21.3 Å². The molecule has 2 heterocycles. The van der Waals surface area contributed by atoms with E-state index in [2.05, 4.69) is 5.32 Å². The van der Waals surface area contributed by atoms with E-state index in [-0.39, 0.29) is 5.69 Å². The van der Waals surface area contributed by atoms with E-state index >= 15 is 0 Å². The number of methoxy groups -OCH3 is 3. The van der Waals surface area contributed by atoms with E-state index in [0.29, 0.717) is 39.1 Å². The van der Waals surface area contributed by atoms with Crippen LogP contribution in [0.1, 0.15) is 10.5 Å². The Hall–Kier alpha value is -3.97. The Morgan fingerprint density at radius 1 is 0.879 bits per heavy atom. The molecule has 4 rings (SSSR count). The number of hydrogen-bond acceptors (Lipinski definition) is 5. The number of anilines is 1. The standard InChI is InChI=1S/C25H21ClN2O5/c1-31-17-8-10-22(33-3)20(14-17)27-25(30)24(29)23-18(13-16-6-4-5-11-28(16)23)15-7-9-21(32-2)19(26)12-15/h4-14H,1-3H3,(H,27,30). The number of nitrogens with zero attached hydrogens (tertiary/aromatic N) is 1. The van der Waals surface area contributed by atoms with Crippen LogP contribution in [0.2, 0.25) is 5.02 Å². The fourth-order valence-corrected chi connectivity index (χ4v) is 3.87. The summed E-state index contributed by atoms with van der Waals surface area (Å²) in [7, 11) is 4.52. The van der Waals surface area contributed by atoms with E-state index in [1.54, 1.807) is 53.1 Å². The molecule has 0 saturated carbocycles. The van der Waals surface area contributed by atoms with Gasteiger partial charge in [-0.1, -0.05) is 23.7 Å².